The summed E-state index contributed by atoms with van der Waals surface area (Å²) in [5, 5.41) is 4.49. The summed E-state index contributed by atoms with van der Waals surface area (Å²) in [4.78, 5) is 5.53. The number of rotatable bonds is 4. The molecular formula is C15H13ClN2OS. The van der Waals surface area contributed by atoms with Gasteiger partial charge >= 0.3 is 0 Å². The van der Waals surface area contributed by atoms with Crippen LogP contribution in [0.15, 0.2) is 57.0 Å². The lowest BCUT2D eigenvalue weighted by Crippen LogP contribution is -2.05. The Kier molecular flexibility index (Phi) is 3.96. The Morgan fingerprint density at radius 1 is 1.25 bits per heavy atom. The van der Waals surface area contributed by atoms with Gasteiger partial charge in [-0.05, 0) is 48.6 Å². The van der Waals surface area contributed by atoms with Gasteiger partial charge in [0, 0.05) is 16.5 Å². The van der Waals surface area contributed by atoms with Crippen molar-refractivity contribution in [2.45, 2.75) is 16.7 Å². The SMILES string of the molecule is CNCc1ccc(Cl)cc1Sc1nc2ccccc2o1. The van der Waals surface area contributed by atoms with Gasteiger partial charge in [-0.2, -0.15) is 0 Å². The van der Waals surface area contributed by atoms with Crippen LogP contribution in [0.3, 0.4) is 0 Å². The number of aromatic nitrogens is 1. The van der Waals surface area contributed by atoms with E-state index in [-0.39, 0.29) is 0 Å². The van der Waals surface area contributed by atoms with Crippen LogP contribution in [0.2, 0.25) is 5.02 Å². The minimum absolute atomic E-state index is 0.630. The van der Waals surface area contributed by atoms with Gasteiger partial charge in [0.15, 0.2) is 5.58 Å². The molecule has 0 aliphatic rings. The van der Waals surface area contributed by atoms with Crippen molar-refractivity contribution in [3.05, 3.63) is 53.1 Å². The van der Waals surface area contributed by atoms with E-state index in [2.05, 4.69) is 10.3 Å². The van der Waals surface area contributed by atoms with Crippen molar-refractivity contribution in [2.75, 3.05) is 7.05 Å². The van der Waals surface area contributed by atoms with E-state index in [0.717, 1.165) is 22.5 Å². The molecule has 0 amide bonds. The fourth-order valence-electron chi connectivity index (χ4n) is 1.95. The first-order chi connectivity index (χ1) is 9.76. The van der Waals surface area contributed by atoms with Crippen LogP contribution < -0.4 is 5.32 Å². The Labute approximate surface area is 126 Å². The molecule has 0 saturated carbocycles. The molecule has 1 aromatic heterocycles. The van der Waals surface area contributed by atoms with Gasteiger partial charge in [0.2, 0.25) is 0 Å². The van der Waals surface area contributed by atoms with Crippen LogP contribution in [0.1, 0.15) is 5.56 Å². The molecule has 1 heterocycles. The van der Waals surface area contributed by atoms with Gasteiger partial charge in [-0.25, -0.2) is 4.98 Å². The average molecular weight is 305 g/mol. The van der Waals surface area contributed by atoms with Gasteiger partial charge in [0.05, 0.1) is 0 Å². The van der Waals surface area contributed by atoms with Crippen molar-refractivity contribution in [1.29, 1.82) is 0 Å². The normalized spacial score (nSPS) is 11.1. The minimum atomic E-state index is 0.630. The lowest BCUT2D eigenvalue weighted by atomic mass is 10.2. The van der Waals surface area contributed by atoms with Crippen molar-refractivity contribution >= 4 is 34.5 Å². The Hall–Kier alpha value is -1.49. The van der Waals surface area contributed by atoms with E-state index in [1.165, 1.54) is 17.3 Å². The van der Waals surface area contributed by atoms with E-state index in [9.17, 15) is 0 Å². The van der Waals surface area contributed by atoms with Crippen molar-refractivity contribution in [1.82, 2.24) is 10.3 Å². The number of fused-ring (bicyclic) bond motifs is 1. The molecule has 3 rings (SSSR count). The van der Waals surface area contributed by atoms with E-state index in [1.54, 1.807) is 0 Å². The van der Waals surface area contributed by atoms with Crippen LogP contribution >= 0.6 is 23.4 Å². The second kappa shape index (κ2) is 5.87. The topological polar surface area (TPSA) is 38.1 Å². The quantitative estimate of drug-likeness (QED) is 0.777. The molecule has 1 N–H and O–H groups in total. The van der Waals surface area contributed by atoms with Gasteiger partial charge in [-0.15, -0.1) is 0 Å². The van der Waals surface area contributed by atoms with Gasteiger partial charge in [0.1, 0.15) is 5.52 Å². The third kappa shape index (κ3) is 2.82. The highest BCUT2D eigenvalue weighted by Gasteiger charge is 2.10. The van der Waals surface area contributed by atoms with E-state index in [1.807, 2.05) is 49.5 Å². The smallest absolute Gasteiger partial charge is 0.261 e. The third-order valence-corrected chi connectivity index (χ3v) is 4.05. The number of hydrogen-bond acceptors (Lipinski definition) is 4. The second-order valence-corrected chi connectivity index (χ2v) is 5.76. The zero-order valence-corrected chi connectivity index (χ0v) is 12.5. The first kappa shape index (κ1) is 13.5. The summed E-state index contributed by atoms with van der Waals surface area (Å²) in [6.45, 7) is 0.778. The molecule has 0 unspecified atom stereocenters. The molecule has 2 aromatic carbocycles. The number of hydrogen-bond donors (Lipinski definition) is 1. The van der Waals surface area contributed by atoms with E-state index in [4.69, 9.17) is 16.0 Å². The summed E-state index contributed by atoms with van der Waals surface area (Å²) in [7, 11) is 1.92. The second-order valence-electron chi connectivity index (χ2n) is 4.33. The Balaban J connectivity index is 1.95. The predicted molar refractivity (Wildman–Crippen MR) is 82.3 cm³/mol. The molecule has 102 valence electrons. The molecule has 0 atom stereocenters. The van der Waals surface area contributed by atoms with Crippen LogP contribution in [0.25, 0.3) is 11.1 Å². The first-order valence-electron chi connectivity index (χ1n) is 6.23. The molecule has 20 heavy (non-hydrogen) atoms. The van der Waals surface area contributed by atoms with Crippen molar-refractivity contribution in [2.24, 2.45) is 0 Å². The zero-order chi connectivity index (χ0) is 13.9. The zero-order valence-electron chi connectivity index (χ0n) is 10.9. The molecule has 0 saturated heterocycles. The van der Waals surface area contributed by atoms with Crippen molar-refractivity contribution in [3.63, 3.8) is 0 Å². The minimum Gasteiger partial charge on any atom is -0.431 e. The lowest BCUT2D eigenvalue weighted by Gasteiger charge is -2.07. The monoisotopic (exact) mass is 304 g/mol. The number of para-hydroxylation sites is 2. The molecule has 0 fully saturated rings. The summed E-state index contributed by atoms with van der Waals surface area (Å²) < 4.78 is 5.73. The molecule has 3 aromatic rings. The summed E-state index contributed by atoms with van der Waals surface area (Å²) in [6, 6.07) is 13.6. The maximum Gasteiger partial charge on any atom is 0.261 e. The highest BCUT2D eigenvalue weighted by atomic mass is 35.5. The molecule has 0 aliphatic carbocycles. The van der Waals surface area contributed by atoms with Crippen LogP contribution in [-0.2, 0) is 6.54 Å². The number of nitrogens with zero attached hydrogens (tertiary/aromatic N) is 1. The molecule has 0 spiro atoms. The number of benzene rings is 2. The van der Waals surface area contributed by atoms with Crippen molar-refractivity contribution in [3.8, 4) is 0 Å². The maximum absolute atomic E-state index is 6.08. The van der Waals surface area contributed by atoms with Gasteiger partial charge < -0.3 is 9.73 Å². The predicted octanol–water partition coefficient (Wildman–Crippen LogP) is 4.35. The van der Waals surface area contributed by atoms with Crippen LogP contribution in [0, 0.1) is 0 Å². The average Bonchev–Trinajstić information content (AvgIpc) is 2.84. The fourth-order valence-corrected chi connectivity index (χ4v) is 3.11. The number of oxazole rings is 1. The van der Waals surface area contributed by atoms with Crippen LogP contribution in [0.4, 0.5) is 0 Å². The number of nitrogens with one attached hydrogen (secondary N) is 1. The van der Waals surface area contributed by atoms with Crippen LogP contribution in [0.5, 0.6) is 0 Å². The molecular weight excluding hydrogens is 292 g/mol. The lowest BCUT2D eigenvalue weighted by molar-refractivity contribution is 0.489. The Bertz CT molecular complexity index is 709. The van der Waals surface area contributed by atoms with Crippen LogP contribution in [-0.4, -0.2) is 12.0 Å². The molecule has 5 heteroatoms. The maximum atomic E-state index is 6.08. The highest BCUT2D eigenvalue weighted by Crippen LogP contribution is 2.33. The first-order valence-corrected chi connectivity index (χ1v) is 7.42. The summed E-state index contributed by atoms with van der Waals surface area (Å²) in [5.74, 6) is 0. The number of halogens is 1. The third-order valence-electron chi connectivity index (χ3n) is 2.87. The Morgan fingerprint density at radius 3 is 2.90 bits per heavy atom. The summed E-state index contributed by atoms with van der Waals surface area (Å²) in [5.41, 5.74) is 2.84. The molecule has 3 nitrogen and oxygen atoms in total. The molecule has 0 bridgehead atoms. The van der Waals surface area contributed by atoms with Gasteiger partial charge in [0.25, 0.3) is 5.22 Å². The van der Waals surface area contributed by atoms with Crippen molar-refractivity contribution < 1.29 is 4.42 Å². The fraction of sp³-hybridized carbons (Fsp3) is 0.133. The van der Waals surface area contributed by atoms with Gasteiger partial charge in [-0.3, -0.25) is 0 Å². The highest BCUT2D eigenvalue weighted by molar-refractivity contribution is 7.99. The standard InChI is InChI=1S/C15H13ClN2OS/c1-17-9-10-6-7-11(16)8-14(10)20-15-18-12-4-2-3-5-13(12)19-15/h2-8,17H,9H2,1H3. The largest absolute Gasteiger partial charge is 0.431 e. The summed E-state index contributed by atoms with van der Waals surface area (Å²) in [6.07, 6.45) is 0. The van der Waals surface area contributed by atoms with Gasteiger partial charge in [-0.1, -0.05) is 29.8 Å². The molecule has 0 radical (unpaired) electrons. The molecule has 0 aliphatic heterocycles. The van der Waals surface area contributed by atoms with E-state index in [0.29, 0.717) is 10.2 Å². The van der Waals surface area contributed by atoms with E-state index < -0.39 is 0 Å². The van der Waals surface area contributed by atoms with E-state index >= 15 is 0 Å². The summed E-state index contributed by atoms with van der Waals surface area (Å²) >= 11 is 7.57. The Morgan fingerprint density at radius 2 is 2.10 bits per heavy atom.